The van der Waals surface area contributed by atoms with Crippen molar-refractivity contribution in [2.24, 2.45) is 0 Å². The monoisotopic (exact) mass is 406 g/mol. The number of H-pyrrole nitrogens is 1. The van der Waals surface area contributed by atoms with Gasteiger partial charge in [0.25, 0.3) is 5.56 Å². The Balaban J connectivity index is 2.04. The summed E-state index contributed by atoms with van der Waals surface area (Å²) in [6.45, 7) is 5.60. The molecule has 3 aromatic heterocycles. The number of fused-ring (bicyclic) bond motifs is 1. The molecular formula is C19H27ClN6O2. The van der Waals surface area contributed by atoms with Gasteiger partial charge in [0, 0.05) is 25.8 Å². The molecule has 28 heavy (non-hydrogen) atoms. The molecule has 0 radical (unpaired) electrons. The first-order valence-electron chi connectivity index (χ1n) is 9.95. The third-order valence-corrected chi connectivity index (χ3v) is 5.19. The maximum Gasteiger partial charge on any atom is 0.332 e. The molecule has 0 unspecified atom stereocenters. The molecule has 9 heteroatoms. The summed E-state index contributed by atoms with van der Waals surface area (Å²) in [6.07, 6.45) is 8.73. The molecule has 0 aliphatic rings. The lowest BCUT2D eigenvalue weighted by atomic mass is 10.2. The maximum absolute atomic E-state index is 13.1. The zero-order chi connectivity index (χ0) is 20.1. The number of imidazole rings is 1. The minimum Gasteiger partial charge on any atom is -0.309 e. The van der Waals surface area contributed by atoms with E-state index >= 15 is 0 Å². The molecule has 0 amide bonds. The van der Waals surface area contributed by atoms with Gasteiger partial charge in [0.2, 0.25) is 5.28 Å². The van der Waals surface area contributed by atoms with E-state index in [1.54, 1.807) is 15.3 Å². The standard InChI is InChI=1S/C19H27ClN6O2/c1-3-5-6-10-25-16-15(24(9-4-2)18(20)23-16)17(27)26(19(25)28)11-7-8-14-12-21-22-13-14/h12-13H,3-11H2,1-2H3,(H,21,22). The topological polar surface area (TPSA) is 90.5 Å². The fourth-order valence-corrected chi connectivity index (χ4v) is 3.71. The lowest BCUT2D eigenvalue weighted by molar-refractivity contribution is 0.524. The molecule has 0 saturated carbocycles. The summed E-state index contributed by atoms with van der Waals surface area (Å²) < 4.78 is 4.67. The Bertz CT molecular complexity index is 1030. The number of aryl methyl sites for hydroxylation is 3. The number of hydrogen-bond donors (Lipinski definition) is 1. The fourth-order valence-electron chi connectivity index (χ4n) is 3.47. The van der Waals surface area contributed by atoms with Crippen molar-refractivity contribution in [1.29, 1.82) is 0 Å². The molecule has 152 valence electrons. The van der Waals surface area contributed by atoms with Crippen molar-refractivity contribution in [3.8, 4) is 0 Å². The van der Waals surface area contributed by atoms with E-state index in [1.807, 2.05) is 13.1 Å². The van der Waals surface area contributed by atoms with Gasteiger partial charge in [0.05, 0.1) is 6.20 Å². The molecule has 0 aliphatic carbocycles. The van der Waals surface area contributed by atoms with E-state index in [4.69, 9.17) is 11.6 Å². The fraction of sp³-hybridized carbons (Fsp3) is 0.579. The molecular weight excluding hydrogens is 380 g/mol. The number of rotatable bonds is 10. The Morgan fingerprint density at radius 2 is 1.79 bits per heavy atom. The highest BCUT2D eigenvalue weighted by atomic mass is 35.5. The van der Waals surface area contributed by atoms with E-state index in [-0.39, 0.29) is 16.5 Å². The van der Waals surface area contributed by atoms with Crippen molar-refractivity contribution in [1.82, 2.24) is 28.9 Å². The van der Waals surface area contributed by atoms with Crippen LogP contribution in [0.3, 0.4) is 0 Å². The quantitative estimate of drug-likeness (QED) is 0.414. The van der Waals surface area contributed by atoms with Crippen LogP contribution in [-0.4, -0.2) is 28.9 Å². The van der Waals surface area contributed by atoms with Gasteiger partial charge in [0.1, 0.15) is 0 Å². The van der Waals surface area contributed by atoms with Gasteiger partial charge in [-0.15, -0.1) is 0 Å². The highest BCUT2D eigenvalue weighted by molar-refractivity contribution is 6.29. The SMILES string of the molecule is CCCCCn1c(=O)n(CCCc2cn[nH]c2)c(=O)c2c1nc(Cl)n2CCC. The van der Waals surface area contributed by atoms with Crippen LogP contribution in [0.1, 0.15) is 51.5 Å². The number of aromatic amines is 1. The summed E-state index contributed by atoms with van der Waals surface area (Å²) in [7, 11) is 0. The van der Waals surface area contributed by atoms with Gasteiger partial charge < -0.3 is 4.57 Å². The molecule has 0 fully saturated rings. The van der Waals surface area contributed by atoms with Gasteiger partial charge in [-0.05, 0) is 42.8 Å². The van der Waals surface area contributed by atoms with Crippen molar-refractivity contribution in [3.63, 3.8) is 0 Å². The molecule has 3 rings (SSSR count). The third-order valence-electron chi connectivity index (χ3n) is 4.90. The second-order valence-electron chi connectivity index (χ2n) is 7.01. The lowest BCUT2D eigenvalue weighted by Crippen LogP contribution is -2.41. The van der Waals surface area contributed by atoms with Crippen LogP contribution in [0.4, 0.5) is 0 Å². The Morgan fingerprint density at radius 1 is 1.00 bits per heavy atom. The molecule has 0 spiro atoms. The summed E-state index contributed by atoms with van der Waals surface area (Å²) in [5.74, 6) is 0. The van der Waals surface area contributed by atoms with Crippen LogP contribution in [0.5, 0.6) is 0 Å². The summed E-state index contributed by atoms with van der Waals surface area (Å²) in [5.41, 5.74) is 1.25. The maximum atomic E-state index is 13.1. The van der Waals surface area contributed by atoms with Gasteiger partial charge in [0.15, 0.2) is 11.2 Å². The van der Waals surface area contributed by atoms with Crippen molar-refractivity contribution in [3.05, 3.63) is 44.1 Å². The van der Waals surface area contributed by atoms with Gasteiger partial charge in [-0.2, -0.15) is 10.1 Å². The molecule has 0 atom stereocenters. The van der Waals surface area contributed by atoms with Gasteiger partial charge in [-0.3, -0.25) is 19.0 Å². The highest BCUT2D eigenvalue weighted by Crippen LogP contribution is 2.17. The Kier molecular flexibility index (Phi) is 6.72. The van der Waals surface area contributed by atoms with Crippen molar-refractivity contribution in [2.75, 3.05) is 0 Å². The first kappa shape index (κ1) is 20.4. The van der Waals surface area contributed by atoms with E-state index in [2.05, 4.69) is 22.1 Å². The Hall–Kier alpha value is -2.35. The lowest BCUT2D eigenvalue weighted by Gasteiger charge is -2.12. The summed E-state index contributed by atoms with van der Waals surface area (Å²) >= 11 is 6.31. The first-order valence-corrected chi connectivity index (χ1v) is 10.3. The average molecular weight is 407 g/mol. The van der Waals surface area contributed by atoms with Gasteiger partial charge in [-0.25, -0.2) is 4.79 Å². The minimum absolute atomic E-state index is 0.258. The largest absolute Gasteiger partial charge is 0.332 e. The molecule has 3 heterocycles. The van der Waals surface area contributed by atoms with E-state index in [9.17, 15) is 9.59 Å². The van der Waals surface area contributed by atoms with Crippen molar-refractivity contribution >= 4 is 22.8 Å². The minimum atomic E-state index is -0.313. The van der Waals surface area contributed by atoms with Crippen LogP contribution in [0.15, 0.2) is 22.0 Å². The van der Waals surface area contributed by atoms with Crippen LogP contribution in [0.25, 0.3) is 11.2 Å². The number of unbranched alkanes of at least 4 members (excludes halogenated alkanes) is 2. The van der Waals surface area contributed by atoms with Crippen LogP contribution in [-0.2, 0) is 26.1 Å². The molecule has 8 nitrogen and oxygen atoms in total. The Morgan fingerprint density at radius 3 is 2.46 bits per heavy atom. The van der Waals surface area contributed by atoms with Gasteiger partial charge >= 0.3 is 5.69 Å². The predicted molar refractivity (Wildman–Crippen MR) is 110 cm³/mol. The van der Waals surface area contributed by atoms with E-state index in [0.717, 1.165) is 37.7 Å². The Labute approximate surface area is 168 Å². The van der Waals surface area contributed by atoms with Crippen molar-refractivity contribution in [2.45, 2.75) is 72.0 Å². The highest BCUT2D eigenvalue weighted by Gasteiger charge is 2.20. The number of halogens is 1. The van der Waals surface area contributed by atoms with Crippen LogP contribution < -0.4 is 11.2 Å². The molecule has 0 aliphatic heterocycles. The second-order valence-corrected chi connectivity index (χ2v) is 7.35. The number of nitrogens with zero attached hydrogens (tertiary/aromatic N) is 5. The van der Waals surface area contributed by atoms with Crippen molar-refractivity contribution < 1.29 is 0 Å². The van der Waals surface area contributed by atoms with Crippen LogP contribution >= 0.6 is 11.6 Å². The summed E-state index contributed by atoms with van der Waals surface area (Å²) in [5, 5.41) is 6.96. The summed E-state index contributed by atoms with van der Waals surface area (Å²) in [6, 6.07) is 0. The predicted octanol–water partition coefficient (Wildman–Crippen LogP) is 2.97. The zero-order valence-electron chi connectivity index (χ0n) is 16.4. The van der Waals surface area contributed by atoms with E-state index < -0.39 is 0 Å². The molecule has 0 saturated heterocycles. The third kappa shape index (κ3) is 4.06. The number of nitrogens with one attached hydrogen (secondary N) is 1. The molecule has 0 bridgehead atoms. The van der Waals surface area contributed by atoms with Gasteiger partial charge in [-0.1, -0.05) is 26.7 Å². The van der Waals surface area contributed by atoms with Crippen LogP contribution in [0.2, 0.25) is 5.28 Å². The molecule has 3 aromatic rings. The zero-order valence-corrected chi connectivity index (χ0v) is 17.2. The smallest absolute Gasteiger partial charge is 0.309 e. The van der Waals surface area contributed by atoms with Crippen LogP contribution in [0, 0.1) is 0 Å². The van der Waals surface area contributed by atoms with E-state index in [1.165, 1.54) is 4.57 Å². The number of aromatic nitrogens is 6. The second kappa shape index (κ2) is 9.23. The van der Waals surface area contributed by atoms with E-state index in [0.29, 0.717) is 37.2 Å². The average Bonchev–Trinajstić information content (AvgIpc) is 3.30. The molecule has 1 N–H and O–H groups in total. The normalized spacial score (nSPS) is 11.5. The summed E-state index contributed by atoms with van der Waals surface area (Å²) in [4.78, 5) is 30.6. The number of hydrogen-bond acceptors (Lipinski definition) is 4. The molecule has 0 aromatic carbocycles. The first-order chi connectivity index (χ1) is 13.6.